The van der Waals surface area contributed by atoms with Crippen molar-refractivity contribution >= 4 is 17.2 Å². The molecule has 32 heavy (non-hydrogen) atoms. The van der Waals surface area contributed by atoms with Crippen LogP contribution in [0.4, 0.5) is 0 Å². The zero-order valence-corrected chi connectivity index (χ0v) is 19.8. The quantitative estimate of drug-likeness (QED) is 0.723. The first-order valence-corrected chi connectivity index (χ1v) is 12.6. The number of nitrogens with zero attached hydrogens (tertiary/aromatic N) is 2. The highest BCUT2D eigenvalue weighted by atomic mass is 32.1. The molecular weight excluding hydrogens is 422 g/mol. The Labute approximate surface area is 194 Å². The van der Waals surface area contributed by atoms with Crippen LogP contribution >= 0.6 is 11.3 Å². The third kappa shape index (κ3) is 4.36. The molecule has 1 saturated carbocycles. The number of fused-ring (bicyclic) bond motifs is 2. The number of likely N-dealkylation sites (tertiary alicyclic amines) is 1. The van der Waals surface area contributed by atoms with Crippen LogP contribution in [0.15, 0.2) is 24.4 Å². The lowest BCUT2D eigenvalue weighted by atomic mass is 9.77. The Morgan fingerprint density at radius 2 is 2.12 bits per heavy atom. The number of carbonyl (C=O) groups is 1. The molecule has 1 amide bonds. The van der Waals surface area contributed by atoms with Gasteiger partial charge in [0.25, 0.3) is 5.91 Å². The maximum Gasteiger partial charge on any atom is 0.270 e. The second-order valence-electron chi connectivity index (χ2n) is 9.90. The molecule has 1 spiro atoms. The van der Waals surface area contributed by atoms with Gasteiger partial charge in [-0.1, -0.05) is 13.0 Å². The molecule has 1 saturated heterocycles. The molecular formula is C25H33N3O3S. The maximum atomic E-state index is 12.4. The van der Waals surface area contributed by atoms with Crippen LogP contribution in [0, 0.1) is 0 Å². The first-order valence-electron chi connectivity index (χ1n) is 11.8. The highest BCUT2D eigenvalue weighted by Crippen LogP contribution is 2.44. The Balaban J connectivity index is 1.16. The predicted octanol–water partition coefficient (Wildman–Crippen LogP) is 3.41. The highest BCUT2D eigenvalue weighted by Gasteiger charge is 2.42. The second-order valence-corrected chi connectivity index (χ2v) is 11.1. The largest absolute Gasteiger partial charge is 0.390 e. The molecule has 0 radical (unpaired) electrons. The van der Waals surface area contributed by atoms with Crippen molar-refractivity contribution in [2.45, 2.75) is 76.2 Å². The summed E-state index contributed by atoms with van der Waals surface area (Å²) in [7, 11) is 0. The Hall–Kier alpha value is -1.80. The molecule has 5 rings (SSSR count). The molecule has 6 nitrogen and oxygen atoms in total. The lowest BCUT2D eigenvalue weighted by Gasteiger charge is -2.44. The number of ether oxygens (including phenoxy) is 1. The summed E-state index contributed by atoms with van der Waals surface area (Å²) < 4.78 is 6.40. The van der Waals surface area contributed by atoms with Gasteiger partial charge in [0, 0.05) is 48.0 Å². The summed E-state index contributed by atoms with van der Waals surface area (Å²) in [6.07, 6.45) is 7.22. The van der Waals surface area contributed by atoms with E-state index in [0.29, 0.717) is 18.5 Å². The van der Waals surface area contributed by atoms with Gasteiger partial charge in [0.1, 0.15) is 5.69 Å². The Kier molecular flexibility index (Phi) is 5.86. The highest BCUT2D eigenvalue weighted by molar-refractivity contribution is 7.12. The van der Waals surface area contributed by atoms with E-state index in [1.54, 1.807) is 13.0 Å². The molecule has 7 heteroatoms. The molecule has 4 heterocycles. The van der Waals surface area contributed by atoms with Crippen LogP contribution in [-0.4, -0.2) is 52.2 Å². The molecule has 3 aliphatic rings. The molecule has 0 unspecified atom stereocenters. The minimum atomic E-state index is -0.645. The van der Waals surface area contributed by atoms with Gasteiger partial charge in [-0.3, -0.25) is 14.7 Å². The number of aromatic nitrogens is 1. The summed E-state index contributed by atoms with van der Waals surface area (Å²) in [6.45, 7) is 7.71. The fourth-order valence-electron chi connectivity index (χ4n) is 5.41. The third-order valence-corrected chi connectivity index (χ3v) is 8.58. The Morgan fingerprint density at radius 1 is 1.34 bits per heavy atom. The van der Waals surface area contributed by atoms with E-state index in [1.165, 1.54) is 15.3 Å². The topological polar surface area (TPSA) is 74.7 Å². The number of aliphatic hydroxyl groups is 1. The van der Waals surface area contributed by atoms with Crippen molar-refractivity contribution in [1.29, 1.82) is 0 Å². The van der Waals surface area contributed by atoms with Crippen LogP contribution < -0.4 is 5.32 Å². The van der Waals surface area contributed by atoms with E-state index in [-0.39, 0.29) is 17.6 Å². The van der Waals surface area contributed by atoms with Gasteiger partial charge in [0.15, 0.2) is 0 Å². The number of hydrogen-bond donors (Lipinski definition) is 2. The van der Waals surface area contributed by atoms with Crippen molar-refractivity contribution in [3.05, 3.63) is 51.0 Å². The lowest BCUT2D eigenvalue weighted by Crippen LogP contribution is -2.53. The van der Waals surface area contributed by atoms with Crippen LogP contribution in [-0.2, 0) is 29.7 Å². The van der Waals surface area contributed by atoms with E-state index in [4.69, 9.17) is 4.74 Å². The molecule has 2 aromatic rings. The van der Waals surface area contributed by atoms with Gasteiger partial charge in [-0.25, -0.2) is 0 Å². The van der Waals surface area contributed by atoms with Gasteiger partial charge in [0.2, 0.25) is 0 Å². The van der Waals surface area contributed by atoms with Crippen LogP contribution in [0.1, 0.15) is 70.9 Å². The number of piperidine rings is 1. The summed E-state index contributed by atoms with van der Waals surface area (Å²) in [5.74, 6) is -0.163. The minimum Gasteiger partial charge on any atom is -0.390 e. The van der Waals surface area contributed by atoms with Crippen LogP contribution in [0.25, 0.3) is 0 Å². The third-order valence-electron chi connectivity index (χ3n) is 7.24. The molecule has 0 aromatic carbocycles. The van der Waals surface area contributed by atoms with E-state index in [0.717, 1.165) is 57.5 Å². The number of carbonyl (C=O) groups excluding carboxylic acids is 1. The monoisotopic (exact) mass is 455 g/mol. The SMILES string of the molecule is CCc1cc2c(s1)CCOC21CCN(Cc2ccc(C(=O)NC3CC(C)(O)C3)nc2)CC1. The summed E-state index contributed by atoms with van der Waals surface area (Å²) in [4.78, 5) is 22.2. The Bertz CT molecular complexity index is 969. The molecule has 172 valence electrons. The molecule has 2 aromatic heterocycles. The number of pyridine rings is 1. The molecule has 2 N–H and O–H groups in total. The second kappa shape index (κ2) is 8.52. The first-order chi connectivity index (χ1) is 15.4. The standard InChI is InChI=1S/C25H33N3O3S/c1-3-19-12-20-22(32-19)6-11-31-25(20)7-9-28(10-8-25)16-17-4-5-21(26-15-17)23(29)27-18-13-24(2,30)14-18/h4-5,12,15,18,30H,3,6-11,13-14,16H2,1-2H3,(H,27,29). The van der Waals surface area contributed by atoms with Crippen molar-refractivity contribution in [3.63, 3.8) is 0 Å². The van der Waals surface area contributed by atoms with Crippen molar-refractivity contribution in [3.8, 4) is 0 Å². The smallest absolute Gasteiger partial charge is 0.270 e. The summed E-state index contributed by atoms with van der Waals surface area (Å²) in [5, 5.41) is 12.8. The number of aryl methyl sites for hydroxylation is 1. The number of nitrogens with one attached hydrogen (secondary N) is 1. The zero-order chi connectivity index (χ0) is 22.3. The zero-order valence-electron chi connectivity index (χ0n) is 19.0. The summed E-state index contributed by atoms with van der Waals surface area (Å²) >= 11 is 1.97. The van der Waals surface area contributed by atoms with Crippen molar-refractivity contribution in [1.82, 2.24) is 15.2 Å². The van der Waals surface area contributed by atoms with Crippen LogP contribution in [0.2, 0.25) is 0 Å². The first kappa shape index (κ1) is 22.0. The Morgan fingerprint density at radius 3 is 2.78 bits per heavy atom. The maximum absolute atomic E-state index is 12.4. The van der Waals surface area contributed by atoms with Gasteiger partial charge in [-0.15, -0.1) is 11.3 Å². The fourth-order valence-corrected chi connectivity index (χ4v) is 6.58. The predicted molar refractivity (Wildman–Crippen MR) is 125 cm³/mol. The van der Waals surface area contributed by atoms with E-state index in [9.17, 15) is 9.90 Å². The average molecular weight is 456 g/mol. The van der Waals surface area contributed by atoms with Crippen molar-refractivity contribution in [2.24, 2.45) is 0 Å². The van der Waals surface area contributed by atoms with E-state index in [2.05, 4.69) is 28.2 Å². The normalized spacial score (nSPS) is 27.0. The molecule has 2 aliphatic heterocycles. The van der Waals surface area contributed by atoms with Gasteiger partial charge in [-0.05, 0) is 62.3 Å². The van der Waals surface area contributed by atoms with Crippen LogP contribution in [0.3, 0.4) is 0 Å². The molecule has 0 bridgehead atoms. The van der Waals surface area contributed by atoms with Gasteiger partial charge < -0.3 is 15.2 Å². The number of amides is 1. The number of rotatable bonds is 5. The summed E-state index contributed by atoms with van der Waals surface area (Å²) in [5.41, 5.74) is 2.27. The van der Waals surface area contributed by atoms with Crippen LogP contribution in [0.5, 0.6) is 0 Å². The van der Waals surface area contributed by atoms with Crippen molar-refractivity contribution < 1.29 is 14.6 Å². The number of hydrogen-bond acceptors (Lipinski definition) is 6. The molecule has 0 atom stereocenters. The fraction of sp³-hybridized carbons (Fsp3) is 0.600. The average Bonchev–Trinajstić information content (AvgIpc) is 3.20. The molecule has 1 aliphatic carbocycles. The lowest BCUT2D eigenvalue weighted by molar-refractivity contribution is -0.0981. The minimum absolute atomic E-state index is 0.0406. The number of thiophene rings is 1. The summed E-state index contributed by atoms with van der Waals surface area (Å²) in [6, 6.07) is 6.25. The van der Waals surface area contributed by atoms with E-state index >= 15 is 0 Å². The van der Waals surface area contributed by atoms with Gasteiger partial charge in [0.05, 0.1) is 17.8 Å². The van der Waals surface area contributed by atoms with Gasteiger partial charge in [-0.2, -0.15) is 0 Å². The van der Waals surface area contributed by atoms with Gasteiger partial charge >= 0.3 is 0 Å². The van der Waals surface area contributed by atoms with E-state index in [1.807, 2.05) is 23.6 Å². The van der Waals surface area contributed by atoms with E-state index < -0.39 is 5.60 Å². The molecule has 2 fully saturated rings. The van der Waals surface area contributed by atoms with Crippen molar-refractivity contribution in [2.75, 3.05) is 19.7 Å².